The molecule has 0 saturated carbocycles. The Morgan fingerprint density at radius 1 is 1.39 bits per heavy atom. The standard InChI is InChI=1S/C14H21N3O/c1-2-11-7-9-17(10-8-11)14(18)12-5-3-4-6-13(12)16-15/h3-6,11,16H,2,7-10,15H2,1H3. The van der Waals surface area contributed by atoms with E-state index >= 15 is 0 Å². The fourth-order valence-electron chi connectivity index (χ4n) is 2.51. The second-order valence-corrected chi connectivity index (χ2v) is 4.83. The maximum Gasteiger partial charge on any atom is 0.256 e. The SMILES string of the molecule is CCC1CCN(C(=O)c2ccccc2NN)CC1. The van der Waals surface area contributed by atoms with E-state index < -0.39 is 0 Å². The lowest BCUT2D eigenvalue weighted by Crippen LogP contribution is -2.38. The molecule has 18 heavy (non-hydrogen) atoms. The molecule has 1 aliphatic heterocycles. The topological polar surface area (TPSA) is 58.4 Å². The quantitative estimate of drug-likeness (QED) is 0.636. The van der Waals surface area contributed by atoms with Crippen molar-refractivity contribution in [1.29, 1.82) is 0 Å². The van der Waals surface area contributed by atoms with Gasteiger partial charge in [-0.15, -0.1) is 0 Å². The molecule has 1 fully saturated rings. The molecule has 1 aromatic carbocycles. The van der Waals surface area contributed by atoms with Crippen molar-refractivity contribution < 1.29 is 4.79 Å². The molecule has 0 aliphatic carbocycles. The maximum atomic E-state index is 12.4. The van der Waals surface area contributed by atoms with Crippen LogP contribution in [-0.2, 0) is 0 Å². The van der Waals surface area contributed by atoms with Gasteiger partial charge in [0, 0.05) is 13.1 Å². The molecule has 1 heterocycles. The molecule has 0 unspecified atom stereocenters. The van der Waals surface area contributed by atoms with E-state index in [9.17, 15) is 4.79 Å². The van der Waals surface area contributed by atoms with E-state index in [4.69, 9.17) is 5.84 Å². The maximum absolute atomic E-state index is 12.4. The van der Waals surface area contributed by atoms with Gasteiger partial charge in [-0.3, -0.25) is 10.6 Å². The Morgan fingerprint density at radius 2 is 2.06 bits per heavy atom. The zero-order chi connectivity index (χ0) is 13.0. The summed E-state index contributed by atoms with van der Waals surface area (Å²) in [5.74, 6) is 6.30. The summed E-state index contributed by atoms with van der Waals surface area (Å²) in [6.45, 7) is 3.93. The average Bonchev–Trinajstić information content (AvgIpc) is 2.46. The number of amides is 1. The summed E-state index contributed by atoms with van der Waals surface area (Å²) in [4.78, 5) is 14.3. The van der Waals surface area contributed by atoms with E-state index in [-0.39, 0.29) is 5.91 Å². The van der Waals surface area contributed by atoms with Crippen LogP contribution in [-0.4, -0.2) is 23.9 Å². The highest BCUT2D eigenvalue weighted by Crippen LogP contribution is 2.23. The van der Waals surface area contributed by atoms with Crippen LogP contribution in [0, 0.1) is 5.92 Å². The molecule has 1 saturated heterocycles. The first-order valence-electron chi connectivity index (χ1n) is 6.61. The number of carbonyl (C=O) groups excluding carboxylic acids is 1. The van der Waals surface area contributed by atoms with Gasteiger partial charge in [-0.2, -0.15) is 0 Å². The van der Waals surface area contributed by atoms with Crippen LogP contribution in [0.5, 0.6) is 0 Å². The fourth-order valence-corrected chi connectivity index (χ4v) is 2.51. The molecule has 4 nitrogen and oxygen atoms in total. The number of likely N-dealkylation sites (tertiary alicyclic amines) is 1. The van der Waals surface area contributed by atoms with Gasteiger partial charge in [-0.25, -0.2) is 0 Å². The molecule has 1 aliphatic rings. The number of hydrogen-bond acceptors (Lipinski definition) is 3. The molecular weight excluding hydrogens is 226 g/mol. The van der Waals surface area contributed by atoms with E-state index in [2.05, 4.69) is 12.3 Å². The molecule has 3 N–H and O–H groups in total. The van der Waals surface area contributed by atoms with Crippen molar-refractivity contribution >= 4 is 11.6 Å². The molecular formula is C14H21N3O. The van der Waals surface area contributed by atoms with Crippen molar-refractivity contribution in [2.45, 2.75) is 26.2 Å². The van der Waals surface area contributed by atoms with Gasteiger partial charge in [0.15, 0.2) is 0 Å². The number of anilines is 1. The number of carbonyl (C=O) groups is 1. The minimum absolute atomic E-state index is 0.0816. The Balaban J connectivity index is 2.08. The highest BCUT2D eigenvalue weighted by atomic mass is 16.2. The van der Waals surface area contributed by atoms with Gasteiger partial charge in [-0.1, -0.05) is 25.5 Å². The van der Waals surface area contributed by atoms with E-state index in [1.807, 2.05) is 29.2 Å². The molecule has 1 amide bonds. The molecule has 4 heteroatoms. The second-order valence-electron chi connectivity index (χ2n) is 4.83. The van der Waals surface area contributed by atoms with Crippen LogP contribution in [0.2, 0.25) is 0 Å². The van der Waals surface area contributed by atoms with Gasteiger partial charge in [0.05, 0.1) is 11.3 Å². The smallest absolute Gasteiger partial charge is 0.256 e. The van der Waals surface area contributed by atoms with E-state index in [0.29, 0.717) is 11.3 Å². The number of nitrogens with zero attached hydrogens (tertiary/aromatic N) is 1. The van der Waals surface area contributed by atoms with Crippen molar-refractivity contribution in [1.82, 2.24) is 4.90 Å². The van der Waals surface area contributed by atoms with Gasteiger partial charge in [0.1, 0.15) is 0 Å². The Morgan fingerprint density at radius 3 is 2.67 bits per heavy atom. The Hall–Kier alpha value is -1.55. The van der Waals surface area contributed by atoms with Crippen LogP contribution in [0.15, 0.2) is 24.3 Å². The number of piperidine rings is 1. The number of rotatable bonds is 3. The molecule has 0 spiro atoms. The van der Waals surface area contributed by atoms with E-state index in [1.54, 1.807) is 0 Å². The fraction of sp³-hybridized carbons (Fsp3) is 0.500. The highest BCUT2D eigenvalue weighted by molar-refractivity contribution is 5.99. The Bertz CT molecular complexity index is 411. The van der Waals surface area contributed by atoms with Gasteiger partial charge in [0.2, 0.25) is 0 Å². The predicted octanol–water partition coefficient (Wildman–Crippen LogP) is 2.23. The number of benzene rings is 1. The molecule has 2 rings (SSSR count). The Kier molecular flexibility index (Phi) is 4.20. The van der Waals surface area contributed by atoms with Crippen molar-refractivity contribution in [2.24, 2.45) is 11.8 Å². The average molecular weight is 247 g/mol. The summed E-state index contributed by atoms with van der Waals surface area (Å²) in [5, 5.41) is 0. The number of nitrogens with two attached hydrogens (primary N) is 1. The largest absolute Gasteiger partial charge is 0.339 e. The van der Waals surface area contributed by atoms with Crippen LogP contribution in [0.3, 0.4) is 0 Å². The van der Waals surface area contributed by atoms with Gasteiger partial charge in [-0.05, 0) is 30.9 Å². The zero-order valence-corrected chi connectivity index (χ0v) is 10.9. The van der Waals surface area contributed by atoms with Crippen molar-refractivity contribution in [3.05, 3.63) is 29.8 Å². The number of nitrogen functional groups attached to an aromatic ring is 1. The third-order valence-electron chi connectivity index (χ3n) is 3.79. The number of para-hydroxylation sites is 1. The lowest BCUT2D eigenvalue weighted by molar-refractivity contribution is 0.0690. The Labute approximate surface area is 108 Å². The summed E-state index contributed by atoms with van der Waals surface area (Å²) in [6, 6.07) is 7.39. The van der Waals surface area contributed by atoms with Crippen molar-refractivity contribution in [3.8, 4) is 0 Å². The van der Waals surface area contributed by atoms with Crippen LogP contribution < -0.4 is 11.3 Å². The summed E-state index contributed by atoms with van der Waals surface area (Å²) in [5.41, 5.74) is 3.94. The molecule has 0 atom stereocenters. The molecule has 0 radical (unpaired) electrons. The summed E-state index contributed by atoms with van der Waals surface area (Å²) in [6.07, 6.45) is 3.43. The summed E-state index contributed by atoms with van der Waals surface area (Å²) >= 11 is 0. The second kappa shape index (κ2) is 5.87. The lowest BCUT2D eigenvalue weighted by Gasteiger charge is -2.32. The minimum Gasteiger partial charge on any atom is -0.339 e. The highest BCUT2D eigenvalue weighted by Gasteiger charge is 2.23. The number of nitrogens with one attached hydrogen (secondary N) is 1. The van der Waals surface area contributed by atoms with Crippen LogP contribution in [0.25, 0.3) is 0 Å². The van der Waals surface area contributed by atoms with Crippen LogP contribution in [0.1, 0.15) is 36.5 Å². The van der Waals surface area contributed by atoms with E-state index in [0.717, 1.165) is 31.8 Å². The molecule has 98 valence electrons. The van der Waals surface area contributed by atoms with Gasteiger partial charge in [0.25, 0.3) is 5.91 Å². The van der Waals surface area contributed by atoms with E-state index in [1.165, 1.54) is 6.42 Å². The number of hydrogen-bond donors (Lipinski definition) is 2. The summed E-state index contributed by atoms with van der Waals surface area (Å²) in [7, 11) is 0. The van der Waals surface area contributed by atoms with Crippen molar-refractivity contribution in [2.75, 3.05) is 18.5 Å². The van der Waals surface area contributed by atoms with Crippen LogP contribution in [0.4, 0.5) is 5.69 Å². The predicted molar refractivity (Wildman–Crippen MR) is 73.2 cm³/mol. The summed E-state index contributed by atoms with van der Waals surface area (Å²) < 4.78 is 0. The van der Waals surface area contributed by atoms with Crippen molar-refractivity contribution in [3.63, 3.8) is 0 Å². The third kappa shape index (κ3) is 2.64. The first kappa shape index (κ1) is 12.9. The minimum atomic E-state index is 0.0816. The lowest BCUT2D eigenvalue weighted by atomic mass is 9.94. The molecule has 0 aromatic heterocycles. The van der Waals surface area contributed by atoms with Crippen LogP contribution >= 0.6 is 0 Å². The van der Waals surface area contributed by atoms with Gasteiger partial charge < -0.3 is 10.3 Å². The first-order chi connectivity index (χ1) is 8.76. The number of hydrazine groups is 1. The molecule has 0 bridgehead atoms. The normalized spacial score (nSPS) is 16.7. The monoisotopic (exact) mass is 247 g/mol. The first-order valence-corrected chi connectivity index (χ1v) is 6.61. The third-order valence-corrected chi connectivity index (χ3v) is 3.79. The zero-order valence-electron chi connectivity index (χ0n) is 10.9. The molecule has 1 aromatic rings. The van der Waals surface area contributed by atoms with Gasteiger partial charge >= 0.3 is 0 Å².